The first-order valence-electron chi connectivity index (χ1n) is 15.6. The Morgan fingerprint density at radius 2 is 1.51 bits per heavy atom. The lowest BCUT2D eigenvalue weighted by Crippen LogP contribution is -2.34. The van der Waals surface area contributed by atoms with E-state index in [4.69, 9.17) is 18.5 Å². The average molecular weight is 613 g/mol. The minimum atomic E-state index is -4.31. The molecule has 1 aromatic carbocycles. The Bertz CT molecular complexity index is 941. The number of ether oxygens (including phenoxy) is 2. The van der Waals surface area contributed by atoms with Crippen LogP contribution in [0.1, 0.15) is 113 Å². The summed E-state index contributed by atoms with van der Waals surface area (Å²) in [6.07, 6.45) is 18.1. The van der Waals surface area contributed by atoms with Gasteiger partial charge in [-0.1, -0.05) is 114 Å². The highest BCUT2D eigenvalue weighted by Gasteiger charge is 2.31. The molecular formula is C32H55NO6PS+. The summed E-state index contributed by atoms with van der Waals surface area (Å²) in [5.41, 5.74) is 4.25. The van der Waals surface area contributed by atoms with Crippen LogP contribution in [-0.2, 0) is 20.5 Å². The van der Waals surface area contributed by atoms with Crippen molar-refractivity contribution in [3.8, 4) is 5.75 Å². The van der Waals surface area contributed by atoms with E-state index >= 15 is 0 Å². The van der Waals surface area contributed by atoms with Crippen LogP contribution in [0.25, 0.3) is 0 Å². The molecule has 1 aromatic heterocycles. The lowest BCUT2D eigenvalue weighted by atomic mass is 10.0. The van der Waals surface area contributed by atoms with Crippen molar-refractivity contribution < 1.29 is 32.9 Å². The molecule has 0 fully saturated rings. The molecule has 2 atom stereocenters. The standard InChI is InChI=1S/C32H54NO6PS/c1-5-6-7-8-9-10-11-12-13-14-15-16-17-18-22-37-25-32(36-4)26-38-40(34,35)39-31-21-19-20-30(23-31)24-33-27-41-29(3)28(33)2/h19-21,23,27,32H,5-18,22,24-26H2,1-4H3/p+1/t32-/m1/s1. The molecule has 0 radical (unpaired) electrons. The second-order valence-electron chi connectivity index (χ2n) is 11.0. The third-order valence-electron chi connectivity index (χ3n) is 7.47. The molecule has 0 saturated heterocycles. The Hall–Kier alpha value is -1.12. The first-order valence-corrected chi connectivity index (χ1v) is 18.0. The SMILES string of the molecule is CCCCCCCCCCCCCCCCOC[C@H](CO[P+]([O-])(O)Oc1cccc(C[n+]2csc(C)c2C)c1)OC. The lowest BCUT2D eigenvalue weighted by molar-refractivity contribution is -0.689. The molecule has 1 N–H and O–H groups in total. The number of thiazole rings is 1. The van der Waals surface area contributed by atoms with E-state index in [1.807, 2.05) is 12.1 Å². The van der Waals surface area contributed by atoms with Crippen molar-refractivity contribution in [1.29, 1.82) is 0 Å². The van der Waals surface area contributed by atoms with E-state index in [0.717, 1.165) is 18.4 Å². The fourth-order valence-corrected chi connectivity index (χ4v) is 6.29. The normalized spacial score (nSPS) is 13.8. The van der Waals surface area contributed by atoms with Gasteiger partial charge in [0.05, 0.1) is 11.5 Å². The smallest absolute Gasteiger partial charge is 0.426 e. The molecule has 0 aliphatic rings. The van der Waals surface area contributed by atoms with E-state index in [1.165, 1.54) is 87.6 Å². The molecule has 1 unspecified atom stereocenters. The van der Waals surface area contributed by atoms with Crippen LogP contribution in [-0.4, -0.2) is 37.9 Å². The number of nitrogens with zero attached hydrogens (tertiary/aromatic N) is 1. The predicted molar refractivity (Wildman–Crippen MR) is 167 cm³/mol. The molecule has 0 aliphatic heterocycles. The minimum Gasteiger partial charge on any atom is -0.598 e. The van der Waals surface area contributed by atoms with Crippen molar-refractivity contribution >= 4 is 19.5 Å². The average Bonchev–Trinajstić information content (AvgIpc) is 3.26. The number of unbranched alkanes of at least 4 members (excludes halogenated alkanes) is 13. The zero-order valence-electron chi connectivity index (χ0n) is 26.0. The first kappa shape index (κ1) is 36.1. The maximum atomic E-state index is 12.6. The minimum absolute atomic E-state index is 0.0913. The number of benzene rings is 1. The van der Waals surface area contributed by atoms with Gasteiger partial charge in [-0.25, -0.2) is 0 Å². The quantitative estimate of drug-likeness (QED) is 0.0705. The third-order valence-corrected chi connectivity index (χ3v) is 9.40. The van der Waals surface area contributed by atoms with Gasteiger partial charge in [-0.2, -0.15) is 14.0 Å². The fourth-order valence-electron chi connectivity index (χ4n) is 4.70. The molecule has 9 heteroatoms. The van der Waals surface area contributed by atoms with Gasteiger partial charge < -0.3 is 14.4 Å². The zero-order chi connectivity index (χ0) is 29.8. The van der Waals surface area contributed by atoms with Crippen molar-refractivity contribution in [2.45, 2.75) is 123 Å². The Kier molecular flexibility index (Phi) is 19.0. The van der Waals surface area contributed by atoms with E-state index in [1.54, 1.807) is 30.6 Å². The zero-order valence-corrected chi connectivity index (χ0v) is 27.7. The predicted octanol–water partition coefficient (Wildman–Crippen LogP) is 7.64. The van der Waals surface area contributed by atoms with E-state index in [2.05, 4.69) is 30.8 Å². The van der Waals surface area contributed by atoms with Gasteiger partial charge in [0.25, 0.3) is 0 Å². The molecule has 2 aromatic rings. The Morgan fingerprint density at radius 3 is 2.07 bits per heavy atom. The van der Waals surface area contributed by atoms with Crippen molar-refractivity contribution in [2.24, 2.45) is 0 Å². The monoisotopic (exact) mass is 612 g/mol. The fraction of sp³-hybridized carbons (Fsp3) is 0.719. The Morgan fingerprint density at radius 1 is 0.902 bits per heavy atom. The van der Waals surface area contributed by atoms with Gasteiger partial charge >= 0.3 is 8.17 Å². The van der Waals surface area contributed by atoms with Crippen molar-refractivity contribution in [1.82, 2.24) is 0 Å². The van der Waals surface area contributed by atoms with Crippen LogP contribution >= 0.6 is 19.5 Å². The molecule has 0 amide bonds. The summed E-state index contributed by atoms with van der Waals surface area (Å²) < 4.78 is 23.8. The number of aromatic nitrogens is 1. The molecule has 41 heavy (non-hydrogen) atoms. The highest BCUT2D eigenvalue weighted by molar-refractivity contribution is 7.53. The first-order chi connectivity index (χ1) is 19.8. The van der Waals surface area contributed by atoms with Crippen LogP contribution in [0, 0.1) is 13.8 Å². The molecule has 1 heterocycles. The van der Waals surface area contributed by atoms with Crippen LogP contribution in [0.4, 0.5) is 0 Å². The van der Waals surface area contributed by atoms with Gasteiger partial charge in [0.2, 0.25) is 5.51 Å². The van der Waals surface area contributed by atoms with Crippen LogP contribution in [0.5, 0.6) is 5.75 Å². The summed E-state index contributed by atoms with van der Waals surface area (Å²) in [5.74, 6) is 0.293. The van der Waals surface area contributed by atoms with Gasteiger partial charge in [0.15, 0.2) is 18.0 Å². The number of hydrogen-bond acceptors (Lipinski definition) is 7. The number of aryl methyl sites for hydroxylation is 1. The summed E-state index contributed by atoms with van der Waals surface area (Å²) >= 11 is 1.70. The van der Waals surface area contributed by atoms with E-state index < -0.39 is 14.3 Å². The molecular weight excluding hydrogens is 557 g/mol. The van der Waals surface area contributed by atoms with Gasteiger partial charge in [-0.05, 0) is 25.5 Å². The second kappa shape index (κ2) is 21.6. The van der Waals surface area contributed by atoms with Crippen LogP contribution in [0.15, 0.2) is 29.8 Å². The van der Waals surface area contributed by atoms with Crippen LogP contribution < -0.4 is 14.0 Å². The number of hydrogen-bond donors (Lipinski definition) is 1. The van der Waals surface area contributed by atoms with Crippen LogP contribution in [0.3, 0.4) is 0 Å². The molecule has 0 saturated carbocycles. The maximum Gasteiger partial charge on any atom is 0.426 e. The summed E-state index contributed by atoms with van der Waals surface area (Å²) in [4.78, 5) is 24.1. The molecule has 234 valence electrons. The summed E-state index contributed by atoms with van der Waals surface area (Å²) in [6.45, 7) is 7.97. The van der Waals surface area contributed by atoms with Gasteiger partial charge in [-0.3, -0.25) is 4.52 Å². The Labute approximate surface area is 253 Å². The van der Waals surface area contributed by atoms with E-state index in [9.17, 15) is 9.79 Å². The van der Waals surface area contributed by atoms with Crippen molar-refractivity contribution in [2.75, 3.05) is 26.9 Å². The third kappa shape index (κ3) is 16.3. The molecule has 7 nitrogen and oxygen atoms in total. The maximum absolute atomic E-state index is 12.6. The van der Waals surface area contributed by atoms with Crippen molar-refractivity contribution in [3.63, 3.8) is 0 Å². The summed E-state index contributed by atoms with van der Waals surface area (Å²) in [7, 11) is -2.76. The number of rotatable bonds is 25. The number of phosphoric acid groups is 1. The highest BCUT2D eigenvalue weighted by atomic mass is 32.1. The second-order valence-corrected chi connectivity index (χ2v) is 13.5. The topological polar surface area (TPSA) is 84.1 Å². The summed E-state index contributed by atoms with van der Waals surface area (Å²) in [6, 6.07) is 7.19. The number of methoxy groups -OCH3 is 1. The molecule has 0 spiro atoms. The molecule has 2 rings (SSSR count). The largest absolute Gasteiger partial charge is 0.598 e. The van der Waals surface area contributed by atoms with Gasteiger partial charge in [0, 0.05) is 26.2 Å². The lowest BCUT2D eigenvalue weighted by Gasteiger charge is -2.22. The molecule has 0 bridgehead atoms. The Balaban J connectivity index is 1.52. The van der Waals surface area contributed by atoms with Gasteiger partial charge in [-0.15, -0.1) is 0 Å². The summed E-state index contributed by atoms with van der Waals surface area (Å²) in [5, 5.41) is 0. The highest BCUT2D eigenvalue weighted by Crippen LogP contribution is 2.47. The van der Waals surface area contributed by atoms with E-state index in [-0.39, 0.29) is 6.61 Å². The van der Waals surface area contributed by atoms with Gasteiger partial charge in [0.1, 0.15) is 12.7 Å². The molecule has 0 aliphatic carbocycles. The van der Waals surface area contributed by atoms with Crippen LogP contribution in [0.2, 0.25) is 0 Å². The van der Waals surface area contributed by atoms with E-state index in [0.29, 0.717) is 25.5 Å². The number of phosphoric ester groups is 1. The van der Waals surface area contributed by atoms with Crippen molar-refractivity contribution in [3.05, 3.63) is 45.9 Å².